The third kappa shape index (κ3) is 24.9. The molecule has 0 fully saturated rings. The van der Waals surface area contributed by atoms with Gasteiger partial charge in [0.15, 0.2) is 17.9 Å². The summed E-state index contributed by atoms with van der Waals surface area (Å²) < 4.78 is 0. The van der Waals surface area contributed by atoms with Crippen LogP contribution in [0.4, 0.5) is 0 Å². The Labute approximate surface area is 558 Å². The van der Waals surface area contributed by atoms with E-state index in [1.165, 1.54) is 19.3 Å². The minimum atomic E-state index is -1.46. The molecular formula is C67H99N21O8. The summed E-state index contributed by atoms with van der Waals surface area (Å²) in [5, 5.41) is 22.2. The van der Waals surface area contributed by atoms with Crippen molar-refractivity contribution in [2.45, 2.75) is 178 Å². The molecule has 7 atom stereocenters. The zero-order valence-electron chi connectivity index (χ0n) is 54.9. The average molecular weight is 1330 g/mol. The normalized spacial score (nSPS) is 13.4. The molecule has 29 heteroatoms. The van der Waals surface area contributed by atoms with Gasteiger partial charge in [-0.05, 0) is 99.1 Å². The second-order valence-corrected chi connectivity index (χ2v) is 24.1. The Balaban J connectivity index is 1.27. The smallest absolute Gasteiger partial charge is 0.243 e. The molecule has 96 heavy (non-hydrogen) atoms. The Bertz CT molecular complexity index is 3600. The van der Waals surface area contributed by atoms with Gasteiger partial charge in [0, 0.05) is 103 Å². The molecule has 0 aliphatic rings. The van der Waals surface area contributed by atoms with Crippen LogP contribution in [0.2, 0.25) is 0 Å². The van der Waals surface area contributed by atoms with Crippen LogP contribution in [-0.2, 0) is 57.6 Å². The summed E-state index contributed by atoms with van der Waals surface area (Å²) in [4.78, 5) is 136. The quantitative estimate of drug-likeness (QED) is 0.0146. The summed E-state index contributed by atoms with van der Waals surface area (Å²) in [6.07, 6.45) is 14.6. The molecule has 3 aromatic carbocycles. The van der Waals surface area contributed by atoms with Crippen LogP contribution in [0.15, 0.2) is 106 Å². The first kappa shape index (κ1) is 74.8. The number of nitrogens with zero attached hydrogens (tertiary/aromatic N) is 3. The predicted octanol–water partition coefficient (Wildman–Crippen LogP) is 1.47. The van der Waals surface area contributed by atoms with Gasteiger partial charge >= 0.3 is 0 Å². The first-order valence-electron chi connectivity index (χ1n) is 33.2. The number of guanidine groups is 3. The molecule has 0 saturated carbocycles. The number of benzene rings is 3. The molecule has 0 unspecified atom stereocenters. The lowest BCUT2D eigenvalue weighted by atomic mass is 10.0. The number of carbonyl (C=O) groups excluding carboxylic acids is 8. The van der Waals surface area contributed by atoms with Crippen LogP contribution in [0, 0.1) is 0 Å². The van der Waals surface area contributed by atoms with Gasteiger partial charge in [0.2, 0.25) is 47.3 Å². The molecule has 3 aromatic heterocycles. The molecule has 0 spiro atoms. The summed E-state index contributed by atoms with van der Waals surface area (Å²) in [6.45, 7) is 2.83. The summed E-state index contributed by atoms with van der Waals surface area (Å²) in [5.41, 5.74) is 50.1. The zero-order valence-corrected chi connectivity index (χ0v) is 54.9. The summed E-state index contributed by atoms with van der Waals surface area (Å²) in [6, 6.07) is 12.9. The SMILES string of the molecule is CCCCCCCCCC(=O)NCCCC[C@H](NC(=O)[C@H](Cc1c[nH]c2ccccc12)NC(=O)[C@H](CCCN=C(N)N)NC(=O)[C@@H](Cc1c[nH]c2ccccc12)NC(=O)[C@@H](CCCN=C(N)N)NC(=O)[C@H](Cc1c[nH]c2ccccc12)NC(=O)[C@H](N)CCCN=C(N)N)C(N)=O. The number of aromatic nitrogens is 3. The van der Waals surface area contributed by atoms with Crippen LogP contribution >= 0.6 is 0 Å². The topological polar surface area (TPSA) is 513 Å². The molecule has 520 valence electrons. The van der Waals surface area contributed by atoms with Crippen molar-refractivity contribution in [2.75, 3.05) is 26.2 Å². The molecule has 0 radical (unpaired) electrons. The molecule has 0 aliphatic carbocycles. The largest absolute Gasteiger partial charge is 0.370 e. The van der Waals surface area contributed by atoms with Crippen LogP contribution in [0.5, 0.6) is 0 Å². The lowest BCUT2D eigenvalue weighted by molar-refractivity contribution is -0.135. The number of nitrogens with one attached hydrogen (secondary N) is 10. The van der Waals surface area contributed by atoms with Gasteiger partial charge in [0.25, 0.3) is 0 Å². The summed E-state index contributed by atoms with van der Waals surface area (Å²) >= 11 is 0. The molecule has 0 aliphatic heterocycles. The molecule has 3 heterocycles. The van der Waals surface area contributed by atoms with Crippen molar-refractivity contribution in [1.82, 2.24) is 52.2 Å². The van der Waals surface area contributed by atoms with Gasteiger partial charge in [0.1, 0.15) is 36.3 Å². The number of aromatic amines is 3. The second-order valence-electron chi connectivity index (χ2n) is 24.1. The number of hydrogen-bond donors (Lipinski definition) is 18. The number of nitrogens with two attached hydrogens (primary N) is 8. The van der Waals surface area contributed by atoms with Crippen LogP contribution in [0.1, 0.15) is 133 Å². The fourth-order valence-electron chi connectivity index (χ4n) is 11.3. The summed E-state index contributed by atoms with van der Waals surface area (Å²) in [7, 11) is 0. The number of amides is 8. The van der Waals surface area contributed by atoms with Gasteiger partial charge in [-0.15, -0.1) is 0 Å². The van der Waals surface area contributed by atoms with Crippen molar-refractivity contribution in [1.29, 1.82) is 0 Å². The minimum absolute atomic E-state index is 0.0360. The predicted molar refractivity (Wildman–Crippen MR) is 374 cm³/mol. The molecule has 0 bridgehead atoms. The molecular weight excluding hydrogens is 1230 g/mol. The van der Waals surface area contributed by atoms with Crippen LogP contribution < -0.4 is 83.1 Å². The van der Waals surface area contributed by atoms with E-state index in [1.54, 1.807) is 18.6 Å². The highest BCUT2D eigenvalue weighted by molar-refractivity contribution is 5.99. The van der Waals surface area contributed by atoms with Gasteiger partial charge in [-0.2, -0.15) is 0 Å². The maximum Gasteiger partial charge on any atom is 0.243 e. The van der Waals surface area contributed by atoms with E-state index in [-0.39, 0.29) is 101 Å². The first-order valence-corrected chi connectivity index (χ1v) is 33.2. The zero-order chi connectivity index (χ0) is 69.4. The number of carbonyl (C=O) groups is 8. The van der Waals surface area contributed by atoms with Gasteiger partial charge < -0.3 is 98.0 Å². The fraction of sp³-hybridized carbons (Fsp3) is 0.478. The minimum Gasteiger partial charge on any atom is -0.370 e. The number of rotatable bonds is 44. The lowest BCUT2D eigenvalue weighted by Crippen LogP contribution is -2.60. The monoisotopic (exact) mass is 1330 g/mol. The highest BCUT2D eigenvalue weighted by Gasteiger charge is 2.35. The standard InChI is InChI=1S/C67H99N21O8/c1-2-3-4-5-6-7-8-30-57(89)76-31-16-15-27-51(58(69)90)83-62(94)55(36-42-39-81-49-25-13-10-21-45(42)49)87-60(92)53(29-19-34-79-67(74)75)85-64(96)56(37-43-40-82-50-26-14-11-22-46(43)50)88-61(93)52(28-18-33-78-66(72)73)84-63(95)54(35-41-38-80-48-24-12-9-20-44(41)48)86-59(91)47(68)23-17-32-77-65(70)71/h9-14,20-22,24-26,38-40,47,51-56,80-82H,2-8,15-19,23,27-37,68H2,1H3,(H2,69,90)(H,76,89)(H,83,94)(H,84,95)(H,85,96)(H,86,91)(H,87,92)(H,88,93)(H4,70,71,77)(H4,72,73,78)(H4,74,75,79)/t47-,51+,52-,53+,54+,55+,56-/m1/s1. The fourth-order valence-corrected chi connectivity index (χ4v) is 11.3. The Kier molecular flexibility index (Phi) is 30.8. The molecule has 29 nitrogen and oxygen atoms in total. The molecule has 8 amide bonds. The Morgan fingerprint density at radius 2 is 0.740 bits per heavy atom. The number of fused-ring (bicyclic) bond motifs is 3. The summed E-state index contributed by atoms with van der Waals surface area (Å²) in [5.74, 6) is -6.02. The lowest BCUT2D eigenvalue weighted by Gasteiger charge is -2.28. The van der Waals surface area contributed by atoms with Gasteiger partial charge in [-0.1, -0.05) is 100 Å². The van der Waals surface area contributed by atoms with E-state index in [4.69, 9.17) is 45.9 Å². The van der Waals surface area contributed by atoms with Crippen molar-refractivity contribution in [3.63, 3.8) is 0 Å². The van der Waals surface area contributed by atoms with Crippen molar-refractivity contribution in [2.24, 2.45) is 60.8 Å². The van der Waals surface area contributed by atoms with Crippen LogP contribution in [0.3, 0.4) is 0 Å². The van der Waals surface area contributed by atoms with E-state index in [0.29, 0.717) is 48.9 Å². The number of para-hydroxylation sites is 3. The number of unbranched alkanes of at least 4 members (excludes halogenated alkanes) is 7. The van der Waals surface area contributed by atoms with Crippen molar-refractivity contribution in [3.8, 4) is 0 Å². The Morgan fingerprint density at radius 1 is 0.396 bits per heavy atom. The highest BCUT2D eigenvalue weighted by Crippen LogP contribution is 2.23. The maximum atomic E-state index is 15.3. The van der Waals surface area contributed by atoms with E-state index in [1.807, 2.05) is 72.8 Å². The van der Waals surface area contributed by atoms with E-state index in [0.717, 1.165) is 58.4 Å². The average Bonchev–Trinajstić information content (AvgIpc) is 1.65. The molecule has 26 N–H and O–H groups in total. The van der Waals surface area contributed by atoms with Crippen LogP contribution in [-0.4, -0.2) is 149 Å². The van der Waals surface area contributed by atoms with E-state index in [9.17, 15) is 24.0 Å². The third-order valence-electron chi connectivity index (χ3n) is 16.6. The molecule has 6 aromatic rings. The first-order chi connectivity index (χ1) is 46.2. The Hall–Kier alpha value is -10.2. The van der Waals surface area contributed by atoms with Crippen molar-refractivity contribution < 1.29 is 38.4 Å². The van der Waals surface area contributed by atoms with E-state index in [2.05, 4.69) is 74.1 Å². The molecule has 0 saturated heterocycles. The van der Waals surface area contributed by atoms with E-state index < -0.39 is 83.6 Å². The van der Waals surface area contributed by atoms with Crippen LogP contribution in [0.25, 0.3) is 32.7 Å². The third-order valence-corrected chi connectivity index (χ3v) is 16.6. The second kappa shape index (κ2) is 39.5. The maximum absolute atomic E-state index is 15.3. The highest BCUT2D eigenvalue weighted by atomic mass is 16.2. The van der Waals surface area contributed by atoms with Crippen molar-refractivity contribution >= 4 is 97.8 Å². The number of aliphatic imine (C=N–C) groups is 3. The van der Waals surface area contributed by atoms with Gasteiger partial charge in [-0.3, -0.25) is 53.3 Å². The molecule has 6 rings (SSSR count). The van der Waals surface area contributed by atoms with Gasteiger partial charge in [-0.25, -0.2) is 0 Å². The number of primary amides is 1. The number of H-pyrrole nitrogens is 3. The van der Waals surface area contributed by atoms with Gasteiger partial charge in [0.05, 0.1) is 6.04 Å². The number of hydrogen-bond acceptors (Lipinski definition) is 12. The Morgan fingerprint density at radius 3 is 1.15 bits per heavy atom. The van der Waals surface area contributed by atoms with Crippen molar-refractivity contribution in [3.05, 3.63) is 108 Å². The van der Waals surface area contributed by atoms with E-state index >= 15 is 14.4 Å².